The second kappa shape index (κ2) is 7.00. The van der Waals surface area contributed by atoms with Gasteiger partial charge in [-0.25, -0.2) is 8.78 Å². The van der Waals surface area contributed by atoms with Gasteiger partial charge in [-0.15, -0.1) is 0 Å². The molecule has 3 nitrogen and oxygen atoms in total. The van der Waals surface area contributed by atoms with Crippen LogP contribution in [0.1, 0.15) is 30.6 Å². The van der Waals surface area contributed by atoms with Crippen LogP contribution in [0.3, 0.4) is 0 Å². The molecule has 2 rings (SSSR count). The molecule has 1 heterocycles. The summed E-state index contributed by atoms with van der Waals surface area (Å²) in [6, 6.07) is 3.85. The Labute approximate surface area is 127 Å². The van der Waals surface area contributed by atoms with Crippen molar-refractivity contribution in [2.24, 2.45) is 0 Å². The predicted molar refractivity (Wildman–Crippen MR) is 79.4 cm³/mol. The van der Waals surface area contributed by atoms with E-state index in [0.717, 1.165) is 18.2 Å². The first-order valence-electron chi connectivity index (χ1n) is 6.89. The van der Waals surface area contributed by atoms with Crippen LogP contribution in [0.25, 0.3) is 0 Å². The van der Waals surface area contributed by atoms with Crippen molar-refractivity contribution in [1.82, 2.24) is 15.1 Å². The number of rotatable bonds is 6. The normalized spacial score (nSPS) is 12.6. The minimum atomic E-state index is -0.842. The topological polar surface area (TPSA) is 29.9 Å². The van der Waals surface area contributed by atoms with E-state index in [0.29, 0.717) is 23.7 Å². The van der Waals surface area contributed by atoms with Crippen LogP contribution in [0.15, 0.2) is 24.4 Å². The zero-order valence-corrected chi connectivity index (χ0v) is 12.8. The average Bonchev–Trinajstić information content (AvgIpc) is 2.78. The Morgan fingerprint density at radius 2 is 2.14 bits per heavy atom. The Kier molecular flexibility index (Phi) is 5.31. The molecule has 114 valence electrons. The number of nitrogens with zero attached hydrogens (tertiary/aromatic N) is 2. The first kappa shape index (κ1) is 15.9. The number of aromatic nitrogens is 2. The highest BCUT2D eigenvalue weighted by Crippen LogP contribution is 2.23. The Balaban J connectivity index is 2.30. The molecule has 1 aromatic heterocycles. The van der Waals surface area contributed by atoms with Gasteiger partial charge in [-0.1, -0.05) is 30.7 Å². The van der Waals surface area contributed by atoms with Crippen LogP contribution >= 0.6 is 11.6 Å². The van der Waals surface area contributed by atoms with E-state index in [1.165, 1.54) is 6.07 Å². The molecule has 0 bridgehead atoms. The minimum Gasteiger partial charge on any atom is -0.308 e. The molecule has 1 unspecified atom stereocenters. The zero-order valence-electron chi connectivity index (χ0n) is 12.0. The molecule has 0 spiro atoms. The summed E-state index contributed by atoms with van der Waals surface area (Å²) in [5, 5.41) is 7.96. The quantitative estimate of drug-likeness (QED) is 0.877. The molecule has 2 aromatic rings. The highest BCUT2D eigenvalue weighted by molar-refractivity contribution is 6.31. The summed E-state index contributed by atoms with van der Waals surface area (Å²) in [6.07, 6.45) is 2.45. The molecule has 0 aliphatic rings. The van der Waals surface area contributed by atoms with E-state index in [1.54, 1.807) is 16.9 Å². The van der Waals surface area contributed by atoms with Crippen molar-refractivity contribution >= 4 is 11.6 Å². The lowest BCUT2D eigenvalue weighted by Crippen LogP contribution is -2.28. The maximum absolute atomic E-state index is 14.0. The number of benzene rings is 1. The van der Waals surface area contributed by atoms with Crippen LogP contribution in [0.5, 0.6) is 0 Å². The monoisotopic (exact) mass is 313 g/mol. The van der Waals surface area contributed by atoms with Crippen molar-refractivity contribution in [1.29, 1.82) is 0 Å². The standard InChI is InChI=1S/C15H18ClF2N3/c1-3-7-19-14(9-21-10(2)12(16)8-20-21)11-5-4-6-13(17)15(11)18/h4-6,8,14,19H,3,7,9H2,1-2H3. The third-order valence-electron chi connectivity index (χ3n) is 3.40. The Bertz CT molecular complexity index is 613. The van der Waals surface area contributed by atoms with Gasteiger partial charge in [0.05, 0.1) is 29.5 Å². The smallest absolute Gasteiger partial charge is 0.163 e. The van der Waals surface area contributed by atoms with Crippen molar-refractivity contribution in [3.8, 4) is 0 Å². The maximum Gasteiger partial charge on any atom is 0.163 e. The largest absolute Gasteiger partial charge is 0.308 e. The van der Waals surface area contributed by atoms with E-state index in [9.17, 15) is 8.78 Å². The van der Waals surface area contributed by atoms with Gasteiger partial charge in [0, 0.05) is 5.56 Å². The summed E-state index contributed by atoms with van der Waals surface area (Å²) in [6.45, 7) is 4.95. The molecule has 0 saturated heterocycles. The lowest BCUT2D eigenvalue weighted by molar-refractivity contribution is 0.407. The SMILES string of the molecule is CCCNC(Cn1ncc(Cl)c1C)c1cccc(F)c1F. The van der Waals surface area contributed by atoms with E-state index in [-0.39, 0.29) is 6.04 Å². The lowest BCUT2D eigenvalue weighted by Gasteiger charge is -2.20. The molecular weight excluding hydrogens is 296 g/mol. The van der Waals surface area contributed by atoms with Crippen LogP contribution in [-0.2, 0) is 6.54 Å². The molecule has 0 amide bonds. The lowest BCUT2D eigenvalue weighted by atomic mass is 10.1. The third-order valence-corrected chi connectivity index (χ3v) is 3.77. The van der Waals surface area contributed by atoms with Crippen LogP contribution in [-0.4, -0.2) is 16.3 Å². The highest BCUT2D eigenvalue weighted by atomic mass is 35.5. The summed E-state index contributed by atoms with van der Waals surface area (Å²) >= 11 is 5.98. The number of hydrogen-bond donors (Lipinski definition) is 1. The van der Waals surface area contributed by atoms with E-state index in [1.807, 2.05) is 13.8 Å². The minimum absolute atomic E-state index is 0.300. The predicted octanol–water partition coefficient (Wildman–Crippen LogP) is 3.86. The molecule has 1 N–H and O–H groups in total. The van der Waals surface area contributed by atoms with Gasteiger partial charge >= 0.3 is 0 Å². The Hall–Kier alpha value is -1.46. The maximum atomic E-state index is 14.0. The molecule has 0 aliphatic carbocycles. The van der Waals surface area contributed by atoms with Crippen molar-refractivity contribution in [3.05, 3.63) is 52.3 Å². The summed E-state index contributed by atoms with van der Waals surface area (Å²) in [5.74, 6) is -1.66. The van der Waals surface area contributed by atoms with Gasteiger partial charge in [-0.05, 0) is 26.0 Å². The first-order chi connectivity index (χ1) is 10.0. The molecule has 1 atom stereocenters. The Morgan fingerprint density at radius 3 is 2.76 bits per heavy atom. The summed E-state index contributed by atoms with van der Waals surface area (Å²) in [7, 11) is 0. The van der Waals surface area contributed by atoms with Crippen LogP contribution < -0.4 is 5.32 Å². The highest BCUT2D eigenvalue weighted by Gasteiger charge is 2.19. The number of halogens is 3. The molecule has 0 saturated carbocycles. The van der Waals surface area contributed by atoms with Crippen LogP contribution in [0, 0.1) is 18.6 Å². The van der Waals surface area contributed by atoms with E-state index >= 15 is 0 Å². The van der Waals surface area contributed by atoms with Gasteiger partial charge in [0.1, 0.15) is 0 Å². The fraction of sp³-hybridized carbons (Fsp3) is 0.400. The molecule has 21 heavy (non-hydrogen) atoms. The van der Waals surface area contributed by atoms with Gasteiger partial charge in [0.15, 0.2) is 11.6 Å². The van der Waals surface area contributed by atoms with E-state index < -0.39 is 11.6 Å². The van der Waals surface area contributed by atoms with Crippen LogP contribution in [0.4, 0.5) is 8.78 Å². The molecule has 6 heteroatoms. The van der Waals surface area contributed by atoms with Gasteiger partial charge < -0.3 is 5.32 Å². The van der Waals surface area contributed by atoms with Gasteiger partial charge in [0.25, 0.3) is 0 Å². The summed E-state index contributed by atoms with van der Waals surface area (Å²) in [4.78, 5) is 0. The van der Waals surface area contributed by atoms with E-state index in [4.69, 9.17) is 11.6 Å². The van der Waals surface area contributed by atoms with Crippen molar-refractivity contribution in [2.75, 3.05) is 6.54 Å². The van der Waals surface area contributed by atoms with E-state index in [2.05, 4.69) is 10.4 Å². The van der Waals surface area contributed by atoms with Crippen molar-refractivity contribution < 1.29 is 8.78 Å². The number of hydrogen-bond acceptors (Lipinski definition) is 2. The molecule has 0 radical (unpaired) electrons. The van der Waals surface area contributed by atoms with Crippen molar-refractivity contribution in [2.45, 2.75) is 32.9 Å². The fourth-order valence-corrected chi connectivity index (χ4v) is 2.30. The summed E-state index contributed by atoms with van der Waals surface area (Å²) < 4.78 is 29.1. The average molecular weight is 314 g/mol. The fourth-order valence-electron chi connectivity index (χ4n) is 2.16. The third kappa shape index (κ3) is 3.60. The van der Waals surface area contributed by atoms with Gasteiger partial charge in [0.2, 0.25) is 0 Å². The number of nitrogens with one attached hydrogen (secondary N) is 1. The summed E-state index contributed by atoms with van der Waals surface area (Å²) in [5.41, 5.74) is 1.10. The second-order valence-electron chi connectivity index (χ2n) is 4.91. The zero-order chi connectivity index (χ0) is 15.4. The van der Waals surface area contributed by atoms with Crippen molar-refractivity contribution in [3.63, 3.8) is 0 Å². The van der Waals surface area contributed by atoms with Gasteiger partial charge in [-0.3, -0.25) is 4.68 Å². The molecule has 1 aromatic carbocycles. The Morgan fingerprint density at radius 1 is 1.38 bits per heavy atom. The second-order valence-corrected chi connectivity index (χ2v) is 5.32. The van der Waals surface area contributed by atoms with Crippen LogP contribution in [0.2, 0.25) is 5.02 Å². The molecule has 0 fully saturated rings. The molecular formula is C15H18ClF2N3. The molecule has 0 aliphatic heterocycles. The van der Waals surface area contributed by atoms with Gasteiger partial charge in [-0.2, -0.15) is 5.10 Å². The first-order valence-corrected chi connectivity index (χ1v) is 7.27.